The molecule has 0 bridgehead atoms. The maximum Gasteiger partial charge on any atom is 0.338 e. The molecule has 0 radical (unpaired) electrons. The minimum Gasteiger partial charge on any atom is -0.462 e. The molecule has 0 spiro atoms. The van der Waals surface area contributed by atoms with E-state index in [4.69, 9.17) is 4.74 Å². The standard InChI is InChI=1S/C32H52O2/c1-3-5-7-8-9-10-26-13-19-29(20-14-26)30-21-15-27(16-22-30)11-12-28-17-23-31(24-18-28)32(33)34-25-6-4-2/h17-18,23-24,26-27,29-30H,3-16,19-22,25H2,1-2H3. The molecule has 0 amide bonds. The molecule has 3 rings (SSSR count). The Morgan fingerprint density at radius 2 is 1.26 bits per heavy atom. The highest BCUT2D eigenvalue weighted by Gasteiger charge is 2.30. The van der Waals surface area contributed by atoms with Gasteiger partial charge in [0.05, 0.1) is 12.2 Å². The van der Waals surface area contributed by atoms with Gasteiger partial charge >= 0.3 is 5.97 Å². The Hall–Kier alpha value is -1.31. The van der Waals surface area contributed by atoms with Crippen molar-refractivity contribution in [2.24, 2.45) is 23.7 Å². The summed E-state index contributed by atoms with van der Waals surface area (Å²) in [6, 6.07) is 8.15. The predicted octanol–water partition coefficient (Wildman–Crippen LogP) is 9.55. The van der Waals surface area contributed by atoms with Crippen molar-refractivity contribution >= 4 is 5.97 Å². The summed E-state index contributed by atoms with van der Waals surface area (Å²) >= 11 is 0. The first-order chi connectivity index (χ1) is 16.7. The molecule has 2 saturated carbocycles. The average molecular weight is 469 g/mol. The van der Waals surface area contributed by atoms with Gasteiger partial charge in [0, 0.05) is 0 Å². The lowest BCUT2D eigenvalue weighted by Crippen LogP contribution is -2.26. The van der Waals surface area contributed by atoms with Crippen LogP contribution in [0.2, 0.25) is 0 Å². The lowest BCUT2D eigenvalue weighted by Gasteiger charge is -2.38. The lowest BCUT2D eigenvalue weighted by molar-refractivity contribution is 0.0499. The Morgan fingerprint density at radius 1 is 0.706 bits per heavy atom. The third-order valence-electron chi connectivity index (χ3n) is 8.93. The van der Waals surface area contributed by atoms with Crippen LogP contribution in [0.5, 0.6) is 0 Å². The van der Waals surface area contributed by atoms with Crippen molar-refractivity contribution < 1.29 is 9.53 Å². The number of carbonyl (C=O) groups excluding carboxylic acids is 1. The third kappa shape index (κ3) is 9.38. The third-order valence-corrected chi connectivity index (χ3v) is 8.93. The van der Waals surface area contributed by atoms with Crippen LogP contribution in [0.3, 0.4) is 0 Å². The molecule has 192 valence electrons. The molecule has 2 nitrogen and oxygen atoms in total. The summed E-state index contributed by atoms with van der Waals surface area (Å²) in [5.41, 5.74) is 2.05. The zero-order chi connectivity index (χ0) is 24.0. The number of unbranched alkanes of at least 4 members (excludes halogenated alkanes) is 5. The first-order valence-corrected chi connectivity index (χ1v) is 15.0. The fraction of sp³-hybridized carbons (Fsp3) is 0.781. The van der Waals surface area contributed by atoms with E-state index in [0.717, 1.165) is 42.9 Å². The number of benzene rings is 1. The summed E-state index contributed by atoms with van der Waals surface area (Å²) < 4.78 is 5.32. The van der Waals surface area contributed by atoms with Crippen LogP contribution in [0.25, 0.3) is 0 Å². The van der Waals surface area contributed by atoms with Crippen molar-refractivity contribution in [2.45, 2.75) is 129 Å². The number of aryl methyl sites for hydroxylation is 1. The molecule has 2 fully saturated rings. The second kappa shape index (κ2) is 15.6. The quantitative estimate of drug-likeness (QED) is 0.201. The Morgan fingerprint density at radius 3 is 1.85 bits per heavy atom. The second-order valence-corrected chi connectivity index (χ2v) is 11.5. The molecule has 34 heavy (non-hydrogen) atoms. The van der Waals surface area contributed by atoms with Gasteiger partial charge in [0.2, 0.25) is 0 Å². The highest BCUT2D eigenvalue weighted by Crippen LogP contribution is 2.43. The summed E-state index contributed by atoms with van der Waals surface area (Å²) in [6.45, 7) is 4.95. The monoisotopic (exact) mass is 468 g/mol. The molecule has 0 atom stereocenters. The van der Waals surface area contributed by atoms with Gasteiger partial charge in [-0.1, -0.05) is 96.6 Å². The first kappa shape index (κ1) is 27.3. The van der Waals surface area contributed by atoms with Crippen LogP contribution in [0.4, 0.5) is 0 Å². The van der Waals surface area contributed by atoms with E-state index >= 15 is 0 Å². The van der Waals surface area contributed by atoms with Gasteiger partial charge in [-0.2, -0.15) is 0 Å². The van der Waals surface area contributed by atoms with E-state index in [1.54, 1.807) is 0 Å². The van der Waals surface area contributed by atoms with Gasteiger partial charge in [-0.25, -0.2) is 4.79 Å². The molecular formula is C32H52O2. The maximum atomic E-state index is 12.1. The highest BCUT2D eigenvalue weighted by atomic mass is 16.5. The van der Waals surface area contributed by atoms with Crippen molar-refractivity contribution in [1.82, 2.24) is 0 Å². The number of esters is 1. The van der Waals surface area contributed by atoms with E-state index in [1.165, 1.54) is 102 Å². The van der Waals surface area contributed by atoms with Gasteiger partial charge in [-0.15, -0.1) is 0 Å². The van der Waals surface area contributed by atoms with Gasteiger partial charge in [-0.05, 0) is 86.3 Å². The van der Waals surface area contributed by atoms with Crippen molar-refractivity contribution in [3.05, 3.63) is 35.4 Å². The number of rotatable bonds is 14. The van der Waals surface area contributed by atoms with Gasteiger partial charge in [0.25, 0.3) is 0 Å². The molecule has 0 aliphatic heterocycles. The Balaban J connectivity index is 1.28. The van der Waals surface area contributed by atoms with Gasteiger partial charge in [0.1, 0.15) is 0 Å². The predicted molar refractivity (Wildman–Crippen MR) is 144 cm³/mol. The minimum absolute atomic E-state index is 0.181. The number of hydrogen-bond donors (Lipinski definition) is 0. The molecule has 2 aliphatic rings. The second-order valence-electron chi connectivity index (χ2n) is 11.5. The van der Waals surface area contributed by atoms with Gasteiger partial charge in [0.15, 0.2) is 0 Å². The normalized spacial score (nSPS) is 25.2. The molecule has 0 heterocycles. The van der Waals surface area contributed by atoms with Crippen LogP contribution >= 0.6 is 0 Å². The molecule has 0 saturated heterocycles. The van der Waals surface area contributed by atoms with E-state index in [0.29, 0.717) is 12.2 Å². The Kier molecular flexibility index (Phi) is 12.5. The highest BCUT2D eigenvalue weighted by molar-refractivity contribution is 5.89. The molecule has 2 aliphatic carbocycles. The fourth-order valence-electron chi connectivity index (χ4n) is 6.50. The van der Waals surface area contributed by atoms with Crippen molar-refractivity contribution in [3.8, 4) is 0 Å². The van der Waals surface area contributed by atoms with Crippen molar-refractivity contribution in [3.63, 3.8) is 0 Å². The molecule has 0 aromatic heterocycles. The van der Waals surface area contributed by atoms with Crippen LogP contribution in [-0.4, -0.2) is 12.6 Å². The molecule has 1 aromatic rings. The van der Waals surface area contributed by atoms with E-state index < -0.39 is 0 Å². The topological polar surface area (TPSA) is 26.3 Å². The zero-order valence-corrected chi connectivity index (χ0v) is 22.4. The smallest absolute Gasteiger partial charge is 0.338 e. The molecule has 2 heteroatoms. The fourth-order valence-corrected chi connectivity index (χ4v) is 6.50. The van der Waals surface area contributed by atoms with Crippen LogP contribution < -0.4 is 0 Å². The zero-order valence-electron chi connectivity index (χ0n) is 22.4. The van der Waals surface area contributed by atoms with Crippen LogP contribution in [-0.2, 0) is 11.2 Å². The summed E-state index contributed by atoms with van der Waals surface area (Å²) in [6.07, 6.45) is 25.0. The minimum atomic E-state index is -0.181. The first-order valence-electron chi connectivity index (χ1n) is 15.0. The van der Waals surface area contributed by atoms with Gasteiger partial charge in [-0.3, -0.25) is 0 Å². The van der Waals surface area contributed by atoms with E-state index in [1.807, 2.05) is 12.1 Å². The number of carbonyl (C=O) groups is 1. The van der Waals surface area contributed by atoms with Crippen LogP contribution in [0.15, 0.2) is 24.3 Å². The largest absolute Gasteiger partial charge is 0.462 e. The van der Waals surface area contributed by atoms with E-state index in [-0.39, 0.29) is 5.97 Å². The summed E-state index contributed by atoms with van der Waals surface area (Å²) in [5.74, 6) is 3.80. The number of hydrogen-bond acceptors (Lipinski definition) is 2. The lowest BCUT2D eigenvalue weighted by atomic mass is 9.68. The van der Waals surface area contributed by atoms with Crippen LogP contribution in [0, 0.1) is 23.7 Å². The van der Waals surface area contributed by atoms with Crippen molar-refractivity contribution in [1.29, 1.82) is 0 Å². The van der Waals surface area contributed by atoms with E-state index in [9.17, 15) is 4.79 Å². The SMILES string of the molecule is CCCCCCCC1CCC(C2CCC(CCc3ccc(C(=O)OCCCC)cc3)CC2)CC1. The van der Waals surface area contributed by atoms with E-state index in [2.05, 4.69) is 26.0 Å². The summed E-state index contributed by atoms with van der Waals surface area (Å²) in [7, 11) is 0. The Bertz CT molecular complexity index is 663. The molecular weight excluding hydrogens is 416 g/mol. The summed E-state index contributed by atoms with van der Waals surface area (Å²) in [5, 5.41) is 0. The van der Waals surface area contributed by atoms with Crippen LogP contribution in [0.1, 0.15) is 139 Å². The molecule has 0 N–H and O–H groups in total. The Labute approximate surface area is 210 Å². The maximum absolute atomic E-state index is 12.1. The molecule has 0 unspecified atom stereocenters. The average Bonchev–Trinajstić information content (AvgIpc) is 2.88. The van der Waals surface area contributed by atoms with Crippen molar-refractivity contribution in [2.75, 3.05) is 6.61 Å². The molecule has 1 aromatic carbocycles. The number of ether oxygens (including phenoxy) is 1. The van der Waals surface area contributed by atoms with Gasteiger partial charge < -0.3 is 4.74 Å². The summed E-state index contributed by atoms with van der Waals surface area (Å²) in [4.78, 5) is 12.1.